The molecule has 0 saturated carbocycles. The van der Waals surface area contributed by atoms with E-state index in [1.807, 2.05) is 0 Å². The van der Waals surface area contributed by atoms with Gasteiger partial charge < -0.3 is 10.1 Å². The molecular formula is C14H23FN2O. The summed E-state index contributed by atoms with van der Waals surface area (Å²) in [5, 5.41) is 3.21. The molecule has 1 aromatic rings. The van der Waals surface area contributed by atoms with Gasteiger partial charge in [0, 0.05) is 18.3 Å². The molecular weight excluding hydrogens is 231 g/mol. The molecule has 1 aromatic heterocycles. The van der Waals surface area contributed by atoms with Gasteiger partial charge in [-0.1, -0.05) is 27.2 Å². The molecule has 1 rings (SSSR count). The summed E-state index contributed by atoms with van der Waals surface area (Å²) in [5.74, 6) is 0.326. The van der Waals surface area contributed by atoms with Crippen LogP contribution in [0.1, 0.15) is 39.2 Å². The fourth-order valence-corrected chi connectivity index (χ4v) is 1.51. The lowest BCUT2D eigenvalue weighted by Gasteiger charge is -2.10. The number of aromatic nitrogens is 1. The zero-order chi connectivity index (χ0) is 13.4. The number of halogens is 1. The predicted octanol–water partition coefficient (Wildman–Crippen LogP) is 3.15. The second-order valence-electron chi connectivity index (χ2n) is 4.82. The highest BCUT2D eigenvalue weighted by Gasteiger charge is 2.10. The van der Waals surface area contributed by atoms with Gasteiger partial charge in [-0.2, -0.15) is 0 Å². The van der Waals surface area contributed by atoms with Gasteiger partial charge in [0.1, 0.15) is 0 Å². The molecule has 0 saturated heterocycles. The summed E-state index contributed by atoms with van der Waals surface area (Å²) in [6.07, 6.45) is 3.53. The van der Waals surface area contributed by atoms with Gasteiger partial charge in [0.25, 0.3) is 5.88 Å². The predicted molar refractivity (Wildman–Crippen MR) is 71.1 cm³/mol. The highest BCUT2D eigenvalue weighted by Crippen LogP contribution is 2.17. The normalized spacial score (nSPS) is 10.9. The van der Waals surface area contributed by atoms with Crippen molar-refractivity contribution in [3.05, 3.63) is 23.6 Å². The molecule has 0 radical (unpaired) electrons. The van der Waals surface area contributed by atoms with Gasteiger partial charge in [0.2, 0.25) is 0 Å². The van der Waals surface area contributed by atoms with E-state index in [2.05, 4.69) is 31.1 Å². The Kier molecular flexibility index (Phi) is 6.65. The maximum absolute atomic E-state index is 14.0. The van der Waals surface area contributed by atoms with Crippen LogP contribution in [-0.4, -0.2) is 18.1 Å². The van der Waals surface area contributed by atoms with Gasteiger partial charge in [-0.15, -0.1) is 0 Å². The average Bonchev–Trinajstić information content (AvgIpc) is 2.33. The first-order chi connectivity index (χ1) is 8.65. The first kappa shape index (κ1) is 14.9. The van der Waals surface area contributed by atoms with Crippen LogP contribution in [0.4, 0.5) is 4.39 Å². The molecule has 0 aliphatic rings. The van der Waals surface area contributed by atoms with Crippen molar-refractivity contribution in [1.82, 2.24) is 10.3 Å². The Balaban J connectivity index is 2.55. The third-order valence-corrected chi connectivity index (χ3v) is 2.54. The number of pyridine rings is 1. The van der Waals surface area contributed by atoms with Crippen molar-refractivity contribution in [3.8, 4) is 5.88 Å². The van der Waals surface area contributed by atoms with Crippen LogP contribution in [0.2, 0.25) is 0 Å². The molecule has 0 aliphatic heterocycles. The molecule has 0 amide bonds. The maximum atomic E-state index is 14.0. The fraction of sp³-hybridized carbons (Fsp3) is 0.643. The Hall–Kier alpha value is -1.16. The monoisotopic (exact) mass is 254 g/mol. The lowest BCUT2D eigenvalue weighted by molar-refractivity contribution is 0.280. The molecule has 0 bridgehead atoms. The van der Waals surface area contributed by atoms with E-state index in [0.29, 0.717) is 24.6 Å². The Morgan fingerprint density at radius 2 is 2.22 bits per heavy atom. The minimum absolute atomic E-state index is 0.118. The van der Waals surface area contributed by atoms with E-state index < -0.39 is 0 Å². The SMILES string of the molecule is CCCCOc1nccc(CNCC(C)C)c1F. The number of rotatable bonds is 8. The van der Waals surface area contributed by atoms with Crippen molar-refractivity contribution in [1.29, 1.82) is 0 Å². The van der Waals surface area contributed by atoms with E-state index >= 15 is 0 Å². The number of nitrogens with zero attached hydrogens (tertiary/aromatic N) is 1. The Morgan fingerprint density at radius 1 is 1.44 bits per heavy atom. The highest BCUT2D eigenvalue weighted by atomic mass is 19.1. The van der Waals surface area contributed by atoms with Crippen LogP contribution < -0.4 is 10.1 Å². The molecule has 0 spiro atoms. The molecule has 0 fully saturated rings. The van der Waals surface area contributed by atoms with E-state index in [0.717, 1.165) is 19.4 Å². The third kappa shape index (κ3) is 5.00. The minimum atomic E-state index is -0.343. The quantitative estimate of drug-likeness (QED) is 0.724. The van der Waals surface area contributed by atoms with Gasteiger partial charge in [-0.05, 0) is 24.9 Å². The van der Waals surface area contributed by atoms with Gasteiger partial charge in [0.15, 0.2) is 5.82 Å². The zero-order valence-corrected chi connectivity index (χ0v) is 11.5. The fourth-order valence-electron chi connectivity index (χ4n) is 1.51. The summed E-state index contributed by atoms with van der Waals surface area (Å²) >= 11 is 0. The average molecular weight is 254 g/mol. The number of ether oxygens (including phenoxy) is 1. The lowest BCUT2D eigenvalue weighted by atomic mass is 10.2. The van der Waals surface area contributed by atoms with E-state index in [9.17, 15) is 4.39 Å². The van der Waals surface area contributed by atoms with Gasteiger partial charge >= 0.3 is 0 Å². The van der Waals surface area contributed by atoms with Crippen molar-refractivity contribution in [2.45, 2.75) is 40.2 Å². The maximum Gasteiger partial charge on any atom is 0.250 e. The third-order valence-electron chi connectivity index (χ3n) is 2.54. The molecule has 0 aliphatic carbocycles. The number of unbranched alkanes of at least 4 members (excludes halogenated alkanes) is 1. The molecule has 1 N–H and O–H groups in total. The lowest BCUT2D eigenvalue weighted by Crippen LogP contribution is -2.20. The van der Waals surface area contributed by atoms with Crippen molar-refractivity contribution < 1.29 is 9.13 Å². The Labute approximate surface area is 109 Å². The van der Waals surface area contributed by atoms with Gasteiger partial charge in [-0.3, -0.25) is 0 Å². The van der Waals surface area contributed by atoms with E-state index in [-0.39, 0.29) is 11.7 Å². The van der Waals surface area contributed by atoms with Crippen LogP contribution in [0.3, 0.4) is 0 Å². The van der Waals surface area contributed by atoms with E-state index in [1.165, 1.54) is 0 Å². The topological polar surface area (TPSA) is 34.1 Å². The summed E-state index contributed by atoms with van der Waals surface area (Å²) in [5.41, 5.74) is 0.608. The molecule has 0 atom stereocenters. The second kappa shape index (κ2) is 8.03. The largest absolute Gasteiger partial charge is 0.476 e. The molecule has 102 valence electrons. The Morgan fingerprint density at radius 3 is 2.89 bits per heavy atom. The Bertz CT molecular complexity index is 356. The van der Waals surface area contributed by atoms with Crippen LogP contribution in [0.5, 0.6) is 5.88 Å². The summed E-state index contributed by atoms with van der Waals surface area (Å²) in [7, 11) is 0. The minimum Gasteiger partial charge on any atom is -0.476 e. The first-order valence-corrected chi connectivity index (χ1v) is 6.62. The van der Waals surface area contributed by atoms with Crippen LogP contribution in [0.15, 0.2) is 12.3 Å². The second-order valence-corrected chi connectivity index (χ2v) is 4.82. The first-order valence-electron chi connectivity index (χ1n) is 6.62. The summed E-state index contributed by atoms with van der Waals surface area (Å²) in [4.78, 5) is 3.93. The van der Waals surface area contributed by atoms with Crippen LogP contribution in [0.25, 0.3) is 0 Å². The van der Waals surface area contributed by atoms with Crippen LogP contribution in [-0.2, 0) is 6.54 Å². The number of hydrogen-bond donors (Lipinski definition) is 1. The summed E-state index contributed by atoms with van der Waals surface area (Å²) in [6.45, 7) is 8.21. The zero-order valence-electron chi connectivity index (χ0n) is 11.5. The summed E-state index contributed by atoms with van der Waals surface area (Å²) < 4.78 is 19.3. The molecule has 18 heavy (non-hydrogen) atoms. The summed E-state index contributed by atoms with van der Waals surface area (Å²) in [6, 6.07) is 1.69. The number of nitrogens with one attached hydrogen (secondary N) is 1. The van der Waals surface area contributed by atoms with Gasteiger partial charge in [0.05, 0.1) is 6.61 Å². The van der Waals surface area contributed by atoms with Crippen molar-refractivity contribution in [2.24, 2.45) is 5.92 Å². The smallest absolute Gasteiger partial charge is 0.250 e. The van der Waals surface area contributed by atoms with Gasteiger partial charge in [-0.25, -0.2) is 9.37 Å². The van der Waals surface area contributed by atoms with Crippen molar-refractivity contribution >= 4 is 0 Å². The number of hydrogen-bond acceptors (Lipinski definition) is 3. The molecule has 3 nitrogen and oxygen atoms in total. The molecule has 0 unspecified atom stereocenters. The highest BCUT2D eigenvalue weighted by molar-refractivity contribution is 5.23. The molecule has 0 aromatic carbocycles. The van der Waals surface area contributed by atoms with E-state index in [1.54, 1.807) is 12.3 Å². The molecule has 1 heterocycles. The van der Waals surface area contributed by atoms with Crippen molar-refractivity contribution in [3.63, 3.8) is 0 Å². The van der Waals surface area contributed by atoms with Crippen LogP contribution in [0, 0.1) is 11.7 Å². The van der Waals surface area contributed by atoms with E-state index in [4.69, 9.17) is 4.74 Å². The van der Waals surface area contributed by atoms with Crippen molar-refractivity contribution in [2.75, 3.05) is 13.2 Å². The standard InChI is InChI=1S/C14H23FN2O/c1-4-5-8-18-14-13(15)12(6-7-17-14)10-16-9-11(2)3/h6-7,11,16H,4-5,8-10H2,1-3H3. The molecule has 4 heteroatoms. The van der Waals surface area contributed by atoms with Crippen LogP contribution >= 0.6 is 0 Å².